The lowest BCUT2D eigenvalue weighted by Crippen LogP contribution is -2.07. The highest BCUT2D eigenvalue weighted by Crippen LogP contribution is 2.19. The van der Waals surface area contributed by atoms with Gasteiger partial charge in [0, 0.05) is 17.0 Å². The van der Waals surface area contributed by atoms with Gasteiger partial charge in [-0.15, -0.1) is 0 Å². The molecule has 4 aromatic rings. The topological polar surface area (TPSA) is 29.9 Å². The Kier molecular flexibility index (Phi) is 2.42. The molecule has 2 aromatic carbocycles. The number of nitrogens with one attached hydrogen (secondary N) is 1. The van der Waals surface area contributed by atoms with Gasteiger partial charge in [-0.1, -0.05) is 36.4 Å². The second-order valence-electron chi connectivity index (χ2n) is 4.77. The lowest BCUT2D eigenvalue weighted by atomic mass is 10.2. The van der Waals surface area contributed by atoms with Crippen LogP contribution >= 0.6 is 0 Å². The monoisotopic (exact) mass is 259 g/mol. The van der Waals surface area contributed by atoms with Gasteiger partial charge in [-0.25, -0.2) is 0 Å². The lowest BCUT2D eigenvalue weighted by Gasteiger charge is -2.09. The molecule has 96 valence electrons. The number of para-hydroxylation sites is 2. The van der Waals surface area contributed by atoms with E-state index in [1.54, 1.807) is 0 Å². The van der Waals surface area contributed by atoms with Gasteiger partial charge < -0.3 is 0 Å². The highest BCUT2D eigenvalue weighted by molar-refractivity contribution is 5.83. The third-order valence-corrected chi connectivity index (χ3v) is 3.44. The van der Waals surface area contributed by atoms with Gasteiger partial charge in [0.25, 0.3) is 0 Å². The molecule has 2 heterocycles. The zero-order chi connectivity index (χ0) is 13.4. The Hall–Kier alpha value is -2.81. The predicted molar refractivity (Wildman–Crippen MR) is 82.7 cm³/mol. The van der Waals surface area contributed by atoms with E-state index in [0.717, 1.165) is 22.1 Å². The van der Waals surface area contributed by atoms with Crippen molar-refractivity contribution in [3.05, 3.63) is 73.1 Å². The largest absolute Gasteiger partial charge is 0.293 e. The summed E-state index contributed by atoms with van der Waals surface area (Å²) in [6.45, 7) is 0. The quantitative estimate of drug-likeness (QED) is 0.588. The molecule has 0 radical (unpaired) electrons. The first-order valence-electron chi connectivity index (χ1n) is 6.58. The van der Waals surface area contributed by atoms with Gasteiger partial charge in [-0.05, 0) is 24.3 Å². The minimum atomic E-state index is 0.977. The molecule has 0 unspecified atom stereocenters. The lowest BCUT2D eigenvalue weighted by molar-refractivity contribution is 1.01. The molecule has 0 bridgehead atoms. The van der Waals surface area contributed by atoms with E-state index in [2.05, 4.69) is 40.7 Å². The third-order valence-electron chi connectivity index (χ3n) is 3.44. The molecule has 1 N–H and O–H groups in total. The van der Waals surface area contributed by atoms with Crippen molar-refractivity contribution < 1.29 is 0 Å². The number of fused-ring (bicyclic) bond motifs is 2. The summed E-state index contributed by atoms with van der Waals surface area (Å²) < 4.78 is 2.02. The Morgan fingerprint density at radius 2 is 1.65 bits per heavy atom. The Labute approximate surface area is 116 Å². The molecular formula is C17H13N3. The Morgan fingerprint density at radius 3 is 2.60 bits per heavy atom. The second kappa shape index (κ2) is 4.38. The van der Waals surface area contributed by atoms with Crippen LogP contribution in [0, 0.1) is 0 Å². The average Bonchev–Trinajstić information content (AvgIpc) is 2.91. The highest BCUT2D eigenvalue weighted by Gasteiger charge is 2.01. The summed E-state index contributed by atoms with van der Waals surface area (Å²) >= 11 is 0. The molecule has 0 aliphatic rings. The molecule has 0 amide bonds. The molecule has 0 fully saturated rings. The second-order valence-corrected chi connectivity index (χ2v) is 4.77. The van der Waals surface area contributed by atoms with Crippen molar-refractivity contribution in [2.24, 2.45) is 0 Å². The molecule has 3 heteroatoms. The normalized spacial score (nSPS) is 11.0. The van der Waals surface area contributed by atoms with Crippen molar-refractivity contribution >= 4 is 27.5 Å². The van der Waals surface area contributed by atoms with Crippen molar-refractivity contribution in [3.63, 3.8) is 0 Å². The zero-order valence-electron chi connectivity index (χ0n) is 10.8. The van der Waals surface area contributed by atoms with Crippen LogP contribution in [0.25, 0.3) is 21.8 Å². The number of anilines is 1. The van der Waals surface area contributed by atoms with Crippen LogP contribution in [0.4, 0.5) is 5.69 Å². The van der Waals surface area contributed by atoms with Gasteiger partial charge in [0.05, 0.1) is 22.9 Å². The van der Waals surface area contributed by atoms with Crippen molar-refractivity contribution in [1.82, 2.24) is 9.66 Å². The number of rotatable bonds is 2. The fourth-order valence-electron chi connectivity index (χ4n) is 2.45. The molecule has 0 aliphatic heterocycles. The number of nitrogens with zero attached hydrogens (tertiary/aromatic N) is 2. The molecule has 0 atom stereocenters. The summed E-state index contributed by atoms with van der Waals surface area (Å²) in [4.78, 5) is 4.47. The van der Waals surface area contributed by atoms with E-state index in [0.29, 0.717) is 0 Å². The van der Waals surface area contributed by atoms with Gasteiger partial charge in [-0.3, -0.25) is 15.1 Å². The number of hydrogen-bond donors (Lipinski definition) is 1. The summed E-state index contributed by atoms with van der Waals surface area (Å²) in [5.74, 6) is 0. The first-order chi connectivity index (χ1) is 9.90. The summed E-state index contributed by atoms with van der Waals surface area (Å²) in [7, 11) is 0. The summed E-state index contributed by atoms with van der Waals surface area (Å²) in [5, 5.41) is 2.35. The van der Waals surface area contributed by atoms with Crippen LogP contribution in [0.1, 0.15) is 0 Å². The van der Waals surface area contributed by atoms with Crippen LogP contribution < -0.4 is 5.43 Å². The highest BCUT2D eigenvalue weighted by atomic mass is 15.4. The summed E-state index contributed by atoms with van der Waals surface area (Å²) in [6.07, 6.45) is 3.89. The average molecular weight is 259 g/mol. The van der Waals surface area contributed by atoms with Crippen LogP contribution in [0.3, 0.4) is 0 Å². The SMILES string of the molecule is c1ccc2ncc(Nn3ccc4ccccc43)cc2c1. The Morgan fingerprint density at radius 1 is 0.850 bits per heavy atom. The molecule has 0 spiro atoms. The predicted octanol–water partition coefficient (Wildman–Crippen LogP) is 4.06. The number of benzene rings is 2. The minimum absolute atomic E-state index is 0.977. The van der Waals surface area contributed by atoms with E-state index in [-0.39, 0.29) is 0 Å². The maximum Gasteiger partial charge on any atom is 0.0735 e. The van der Waals surface area contributed by atoms with Gasteiger partial charge in [0.1, 0.15) is 0 Å². The Bertz CT molecular complexity index is 893. The summed E-state index contributed by atoms with van der Waals surface area (Å²) in [5.41, 5.74) is 6.51. The van der Waals surface area contributed by atoms with Crippen molar-refractivity contribution in [1.29, 1.82) is 0 Å². The molecular weight excluding hydrogens is 246 g/mol. The smallest absolute Gasteiger partial charge is 0.0735 e. The minimum Gasteiger partial charge on any atom is -0.293 e. The van der Waals surface area contributed by atoms with E-state index < -0.39 is 0 Å². The number of hydrogen-bond acceptors (Lipinski definition) is 2. The van der Waals surface area contributed by atoms with Gasteiger partial charge >= 0.3 is 0 Å². The Balaban J connectivity index is 1.76. The standard InChI is InChI=1S/C17H13N3/c1-3-7-16-14(6-1)11-15(12-18-16)19-20-10-9-13-5-2-4-8-17(13)20/h1-12,19H. The number of pyridine rings is 1. The zero-order valence-corrected chi connectivity index (χ0v) is 10.8. The molecule has 4 rings (SSSR count). The van der Waals surface area contributed by atoms with Crippen LogP contribution in [-0.2, 0) is 0 Å². The van der Waals surface area contributed by atoms with E-state index in [4.69, 9.17) is 0 Å². The van der Waals surface area contributed by atoms with Crippen molar-refractivity contribution in [2.45, 2.75) is 0 Å². The van der Waals surface area contributed by atoms with E-state index in [1.165, 1.54) is 5.39 Å². The van der Waals surface area contributed by atoms with Crippen LogP contribution in [-0.4, -0.2) is 9.66 Å². The van der Waals surface area contributed by atoms with Crippen molar-refractivity contribution in [2.75, 3.05) is 5.43 Å². The van der Waals surface area contributed by atoms with Gasteiger partial charge in [-0.2, -0.15) is 0 Å². The molecule has 20 heavy (non-hydrogen) atoms. The maximum absolute atomic E-state index is 4.47. The van der Waals surface area contributed by atoms with Crippen LogP contribution in [0.2, 0.25) is 0 Å². The van der Waals surface area contributed by atoms with E-state index in [1.807, 2.05) is 47.4 Å². The van der Waals surface area contributed by atoms with E-state index >= 15 is 0 Å². The van der Waals surface area contributed by atoms with Crippen LogP contribution in [0.5, 0.6) is 0 Å². The van der Waals surface area contributed by atoms with Gasteiger partial charge in [0.2, 0.25) is 0 Å². The molecule has 0 aliphatic carbocycles. The fraction of sp³-hybridized carbons (Fsp3) is 0. The summed E-state index contributed by atoms with van der Waals surface area (Å²) in [6, 6.07) is 20.6. The molecule has 2 aromatic heterocycles. The van der Waals surface area contributed by atoms with Crippen molar-refractivity contribution in [3.8, 4) is 0 Å². The first kappa shape index (κ1) is 11.1. The fourth-order valence-corrected chi connectivity index (χ4v) is 2.45. The molecule has 3 nitrogen and oxygen atoms in total. The third kappa shape index (κ3) is 1.80. The van der Waals surface area contributed by atoms with Gasteiger partial charge in [0.15, 0.2) is 0 Å². The molecule has 0 saturated carbocycles. The van der Waals surface area contributed by atoms with E-state index in [9.17, 15) is 0 Å². The maximum atomic E-state index is 4.47. The number of aromatic nitrogens is 2. The van der Waals surface area contributed by atoms with Crippen LogP contribution in [0.15, 0.2) is 73.1 Å². The first-order valence-corrected chi connectivity index (χ1v) is 6.58. The molecule has 0 saturated heterocycles.